The van der Waals surface area contributed by atoms with E-state index in [0.29, 0.717) is 6.04 Å². The maximum Gasteiger partial charge on any atom is 0.0502 e. The first kappa shape index (κ1) is 13.7. The van der Waals surface area contributed by atoms with Crippen LogP contribution < -0.4 is 0 Å². The van der Waals surface area contributed by atoms with E-state index in [0.717, 1.165) is 0 Å². The van der Waals surface area contributed by atoms with E-state index in [4.69, 9.17) is 4.99 Å². The molecule has 0 aromatic rings. The van der Waals surface area contributed by atoms with E-state index in [1.807, 2.05) is 0 Å². The van der Waals surface area contributed by atoms with Crippen LogP contribution in [0, 0.1) is 0 Å². The molecule has 1 nitrogen and oxygen atoms in total. The summed E-state index contributed by atoms with van der Waals surface area (Å²) in [4.78, 5) is 4.86. The molecule has 0 aliphatic carbocycles. The zero-order valence-corrected chi connectivity index (χ0v) is 11.3. The minimum absolute atomic E-state index is 0.686. The van der Waals surface area contributed by atoms with Gasteiger partial charge in [0.25, 0.3) is 0 Å². The first-order valence-electron chi connectivity index (χ1n) is 7.42. The summed E-state index contributed by atoms with van der Waals surface area (Å²) in [7, 11) is 0. The second kappa shape index (κ2) is 8.78. The Bertz CT molecular complexity index is 196. The molecule has 0 N–H and O–H groups in total. The number of hydrogen-bond acceptors (Lipinski definition) is 1. The van der Waals surface area contributed by atoms with E-state index < -0.39 is 0 Å². The van der Waals surface area contributed by atoms with Gasteiger partial charge in [0.05, 0.1) is 6.04 Å². The third-order valence-corrected chi connectivity index (χ3v) is 3.59. The van der Waals surface area contributed by atoms with Crippen molar-refractivity contribution in [2.75, 3.05) is 0 Å². The Hall–Kier alpha value is -0.330. The molecule has 0 aromatic heterocycles. The van der Waals surface area contributed by atoms with Crippen molar-refractivity contribution in [3.63, 3.8) is 0 Å². The van der Waals surface area contributed by atoms with Gasteiger partial charge in [-0.05, 0) is 32.1 Å². The minimum atomic E-state index is 0.686. The maximum atomic E-state index is 4.86. The molecule has 0 fully saturated rings. The van der Waals surface area contributed by atoms with E-state index in [9.17, 15) is 0 Å². The van der Waals surface area contributed by atoms with Crippen LogP contribution in [0.1, 0.15) is 84.5 Å². The summed E-state index contributed by atoms with van der Waals surface area (Å²) in [5.74, 6) is 0. The van der Waals surface area contributed by atoms with E-state index in [2.05, 4.69) is 13.8 Å². The lowest BCUT2D eigenvalue weighted by molar-refractivity contribution is 0.577. The molecule has 1 heteroatoms. The van der Waals surface area contributed by atoms with Gasteiger partial charge in [0.2, 0.25) is 0 Å². The van der Waals surface area contributed by atoms with Crippen LogP contribution >= 0.6 is 0 Å². The number of unbranched alkanes of at least 4 members (excludes halogenated alkanes) is 5. The van der Waals surface area contributed by atoms with Crippen molar-refractivity contribution in [1.29, 1.82) is 0 Å². The number of aliphatic imine (C=N–C) groups is 1. The molecule has 1 aliphatic rings. The van der Waals surface area contributed by atoms with Gasteiger partial charge in [-0.25, -0.2) is 0 Å². The third kappa shape index (κ3) is 5.67. The Balaban J connectivity index is 2.04. The molecule has 1 aliphatic heterocycles. The number of hydrogen-bond donors (Lipinski definition) is 0. The van der Waals surface area contributed by atoms with Gasteiger partial charge in [-0.2, -0.15) is 0 Å². The van der Waals surface area contributed by atoms with Crippen LogP contribution in [0.5, 0.6) is 0 Å². The predicted molar refractivity (Wildman–Crippen MR) is 73.4 cm³/mol. The largest absolute Gasteiger partial charge is 0.291 e. The molecule has 1 heterocycles. The van der Waals surface area contributed by atoms with E-state index in [1.54, 1.807) is 0 Å². The van der Waals surface area contributed by atoms with Gasteiger partial charge in [0.1, 0.15) is 0 Å². The fraction of sp³-hybridized carbons (Fsp3) is 0.933. The van der Waals surface area contributed by atoms with Gasteiger partial charge >= 0.3 is 0 Å². The summed E-state index contributed by atoms with van der Waals surface area (Å²) in [6, 6.07) is 0.686. The molecule has 1 rings (SSSR count). The van der Waals surface area contributed by atoms with Crippen LogP contribution in [0.15, 0.2) is 4.99 Å². The first-order valence-corrected chi connectivity index (χ1v) is 7.42. The van der Waals surface area contributed by atoms with Crippen LogP contribution in [0.25, 0.3) is 0 Å². The van der Waals surface area contributed by atoms with Crippen LogP contribution in [0.4, 0.5) is 0 Å². The van der Waals surface area contributed by atoms with Gasteiger partial charge < -0.3 is 0 Å². The second-order valence-corrected chi connectivity index (χ2v) is 5.19. The highest BCUT2D eigenvalue weighted by molar-refractivity contribution is 5.86. The van der Waals surface area contributed by atoms with Gasteiger partial charge in [0.15, 0.2) is 0 Å². The highest BCUT2D eigenvalue weighted by Gasteiger charge is 2.15. The average molecular weight is 223 g/mol. The van der Waals surface area contributed by atoms with Crippen LogP contribution in [0.2, 0.25) is 0 Å². The monoisotopic (exact) mass is 223 g/mol. The molecule has 0 saturated heterocycles. The lowest BCUT2D eigenvalue weighted by Crippen LogP contribution is -1.97. The molecule has 94 valence electrons. The molecule has 0 bridgehead atoms. The zero-order chi connectivity index (χ0) is 11.6. The highest BCUT2D eigenvalue weighted by atomic mass is 14.8. The van der Waals surface area contributed by atoms with Gasteiger partial charge in [0, 0.05) is 5.71 Å². The fourth-order valence-electron chi connectivity index (χ4n) is 2.49. The SMILES string of the molecule is CCCCCCCC1=N[C@@H](CCCC)CC1. The van der Waals surface area contributed by atoms with Crippen LogP contribution in [-0.4, -0.2) is 11.8 Å². The predicted octanol–water partition coefficient (Wildman–Crippen LogP) is 5.14. The van der Waals surface area contributed by atoms with Crippen molar-refractivity contribution >= 4 is 5.71 Å². The first-order chi connectivity index (χ1) is 7.86. The molecule has 0 unspecified atom stereocenters. The molecular formula is C15H29N. The molecule has 1 atom stereocenters. The summed E-state index contributed by atoms with van der Waals surface area (Å²) in [5, 5.41) is 0. The molecule has 0 spiro atoms. The summed E-state index contributed by atoms with van der Waals surface area (Å²) in [5.41, 5.74) is 1.53. The molecule has 16 heavy (non-hydrogen) atoms. The highest BCUT2D eigenvalue weighted by Crippen LogP contribution is 2.21. The Labute approximate surface area is 102 Å². The van der Waals surface area contributed by atoms with Crippen molar-refractivity contribution in [2.24, 2.45) is 4.99 Å². The molecule has 0 amide bonds. The normalized spacial score (nSPS) is 20.1. The van der Waals surface area contributed by atoms with Crippen molar-refractivity contribution in [3.05, 3.63) is 0 Å². The van der Waals surface area contributed by atoms with E-state index in [-0.39, 0.29) is 0 Å². The lowest BCUT2D eigenvalue weighted by atomic mass is 10.0. The topological polar surface area (TPSA) is 12.4 Å². The van der Waals surface area contributed by atoms with Crippen molar-refractivity contribution in [2.45, 2.75) is 90.5 Å². The fourth-order valence-corrected chi connectivity index (χ4v) is 2.49. The Morgan fingerprint density at radius 1 is 1.00 bits per heavy atom. The smallest absolute Gasteiger partial charge is 0.0502 e. The second-order valence-electron chi connectivity index (χ2n) is 5.19. The standard InChI is InChI=1S/C15H29N/c1-3-5-7-8-9-11-15-13-12-14(16-15)10-6-4-2/h14H,3-13H2,1-2H3/t14-/m0/s1. The number of rotatable bonds is 9. The molecule has 0 saturated carbocycles. The Kier molecular flexibility index (Phi) is 7.54. The summed E-state index contributed by atoms with van der Waals surface area (Å²) >= 11 is 0. The van der Waals surface area contributed by atoms with Crippen molar-refractivity contribution in [1.82, 2.24) is 0 Å². The molecule has 0 aromatic carbocycles. The third-order valence-electron chi connectivity index (χ3n) is 3.59. The van der Waals surface area contributed by atoms with E-state index in [1.165, 1.54) is 76.3 Å². The van der Waals surface area contributed by atoms with Crippen LogP contribution in [-0.2, 0) is 0 Å². The minimum Gasteiger partial charge on any atom is -0.291 e. The van der Waals surface area contributed by atoms with Crippen LogP contribution in [0.3, 0.4) is 0 Å². The van der Waals surface area contributed by atoms with Gasteiger partial charge in [-0.3, -0.25) is 4.99 Å². The Morgan fingerprint density at radius 2 is 1.75 bits per heavy atom. The summed E-state index contributed by atoms with van der Waals surface area (Å²) in [6.45, 7) is 4.55. The van der Waals surface area contributed by atoms with E-state index >= 15 is 0 Å². The quantitative estimate of drug-likeness (QED) is 0.480. The maximum absolute atomic E-state index is 4.86. The average Bonchev–Trinajstić information content (AvgIpc) is 2.74. The zero-order valence-electron chi connectivity index (χ0n) is 11.3. The Morgan fingerprint density at radius 3 is 2.50 bits per heavy atom. The molecular weight excluding hydrogens is 194 g/mol. The summed E-state index contributed by atoms with van der Waals surface area (Å²) in [6.07, 6.45) is 14.9. The van der Waals surface area contributed by atoms with Gasteiger partial charge in [-0.1, -0.05) is 52.4 Å². The summed E-state index contributed by atoms with van der Waals surface area (Å²) < 4.78 is 0. The van der Waals surface area contributed by atoms with Gasteiger partial charge in [-0.15, -0.1) is 0 Å². The molecule has 0 radical (unpaired) electrons. The number of nitrogens with zero attached hydrogens (tertiary/aromatic N) is 1. The van der Waals surface area contributed by atoms with Crippen molar-refractivity contribution in [3.8, 4) is 0 Å². The lowest BCUT2D eigenvalue weighted by Gasteiger charge is -2.03. The van der Waals surface area contributed by atoms with Crippen molar-refractivity contribution < 1.29 is 0 Å².